The second kappa shape index (κ2) is 6.57. The highest BCUT2D eigenvalue weighted by Gasteiger charge is 2.31. The molecule has 0 spiro atoms. The van der Waals surface area contributed by atoms with Gasteiger partial charge in [0.1, 0.15) is 5.76 Å². The fraction of sp³-hybridized carbons (Fsp3) is 0.533. The van der Waals surface area contributed by atoms with Crippen LogP contribution in [-0.4, -0.2) is 24.2 Å². The maximum Gasteiger partial charge on any atom is 0.244 e. The van der Waals surface area contributed by atoms with Crippen molar-refractivity contribution in [2.24, 2.45) is 5.41 Å². The summed E-state index contributed by atoms with van der Waals surface area (Å²) >= 11 is 0. The minimum atomic E-state index is -0.144. The first kappa shape index (κ1) is 13.9. The van der Waals surface area contributed by atoms with Crippen molar-refractivity contribution in [1.82, 2.24) is 5.32 Å². The Hall–Kier alpha value is -1.55. The summed E-state index contributed by atoms with van der Waals surface area (Å²) < 4.78 is 5.11. The average molecular weight is 263 g/mol. The number of carbonyl (C=O) groups excluding carboxylic acids is 1. The number of furan rings is 1. The lowest BCUT2D eigenvalue weighted by Gasteiger charge is -2.35. The van der Waals surface area contributed by atoms with Crippen molar-refractivity contribution in [3.63, 3.8) is 0 Å². The lowest BCUT2D eigenvalue weighted by atomic mass is 9.74. The number of aliphatic hydroxyl groups excluding tert-OH is 1. The quantitative estimate of drug-likeness (QED) is 0.802. The van der Waals surface area contributed by atoms with Crippen molar-refractivity contribution in [1.29, 1.82) is 0 Å². The van der Waals surface area contributed by atoms with Gasteiger partial charge in [-0.1, -0.05) is 19.3 Å². The smallest absolute Gasteiger partial charge is 0.244 e. The summed E-state index contributed by atoms with van der Waals surface area (Å²) in [7, 11) is 0. The van der Waals surface area contributed by atoms with Crippen molar-refractivity contribution in [2.75, 3.05) is 13.2 Å². The molecule has 0 unspecified atom stereocenters. The van der Waals surface area contributed by atoms with Crippen LogP contribution in [0.3, 0.4) is 0 Å². The molecule has 0 bridgehead atoms. The lowest BCUT2D eigenvalue weighted by molar-refractivity contribution is -0.117. The summed E-state index contributed by atoms with van der Waals surface area (Å²) in [5, 5.41) is 12.4. The first-order valence-electron chi connectivity index (χ1n) is 6.84. The Kier molecular flexibility index (Phi) is 4.80. The van der Waals surface area contributed by atoms with Gasteiger partial charge in [0, 0.05) is 18.0 Å². The second-order valence-electron chi connectivity index (χ2n) is 5.29. The lowest BCUT2D eigenvalue weighted by Crippen LogP contribution is -2.40. The van der Waals surface area contributed by atoms with E-state index in [2.05, 4.69) is 5.32 Å². The van der Waals surface area contributed by atoms with Crippen LogP contribution < -0.4 is 5.32 Å². The maximum absolute atomic E-state index is 11.7. The number of aliphatic hydroxyl groups is 1. The summed E-state index contributed by atoms with van der Waals surface area (Å²) in [4.78, 5) is 11.7. The second-order valence-corrected chi connectivity index (χ2v) is 5.29. The van der Waals surface area contributed by atoms with Crippen LogP contribution in [0.4, 0.5) is 0 Å². The van der Waals surface area contributed by atoms with Gasteiger partial charge in [-0.15, -0.1) is 0 Å². The van der Waals surface area contributed by atoms with Crippen molar-refractivity contribution in [3.8, 4) is 0 Å². The van der Waals surface area contributed by atoms with Gasteiger partial charge >= 0.3 is 0 Å². The highest BCUT2D eigenvalue weighted by atomic mass is 16.3. The Morgan fingerprint density at radius 1 is 1.42 bits per heavy atom. The van der Waals surface area contributed by atoms with Gasteiger partial charge in [-0.3, -0.25) is 4.79 Å². The van der Waals surface area contributed by atoms with E-state index in [9.17, 15) is 9.90 Å². The molecule has 4 heteroatoms. The van der Waals surface area contributed by atoms with Gasteiger partial charge < -0.3 is 14.8 Å². The van der Waals surface area contributed by atoms with Crippen molar-refractivity contribution in [3.05, 3.63) is 30.2 Å². The molecule has 1 heterocycles. The van der Waals surface area contributed by atoms with Crippen molar-refractivity contribution >= 4 is 12.0 Å². The van der Waals surface area contributed by atoms with Gasteiger partial charge in [-0.05, 0) is 31.1 Å². The summed E-state index contributed by atoms with van der Waals surface area (Å²) in [5.74, 6) is 0.513. The Labute approximate surface area is 113 Å². The molecule has 4 nitrogen and oxygen atoms in total. The zero-order chi connectivity index (χ0) is 13.6. The van der Waals surface area contributed by atoms with Gasteiger partial charge in [-0.25, -0.2) is 0 Å². The molecule has 1 amide bonds. The third-order valence-electron chi connectivity index (χ3n) is 3.83. The molecule has 0 radical (unpaired) electrons. The van der Waals surface area contributed by atoms with Crippen LogP contribution in [0.2, 0.25) is 0 Å². The molecule has 0 atom stereocenters. The van der Waals surface area contributed by atoms with Crippen LogP contribution in [0.25, 0.3) is 6.08 Å². The average Bonchev–Trinajstić information content (AvgIpc) is 2.97. The van der Waals surface area contributed by atoms with Gasteiger partial charge in [0.15, 0.2) is 0 Å². The van der Waals surface area contributed by atoms with Gasteiger partial charge in [0.2, 0.25) is 5.91 Å². The van der Waals surface area contributed by atoms with E-state index in [1.807, 2.05) is 0 Å². The van der Waals surface area contributed by atoms with Crippen LogP contribution in [0.15, 0.2) is 28.9 Å². The largest absolute Gasteiger partial charge is 0.465 e. The Morgan fingerprint density at radius 2 is 2.21 bits per heavy atom. The SMILES string of the molecule is O=C(/C=C/c1ccco1)NCC1(CO)CCCCC1. The summed E-state index contributed by atoms with van der Waals surface area (Å²) in [6.45, 7) is 0.694. The minimum Gasteiger partial charge on any atom is -0.465 e. The molecule has 1 fully saturated rings. The number of rotatable bonds is 5. The molecule has 0 saturated heterocycles. The monoisotopic (exact) mass is 263 g/mol. The topological polar surface area (TPSA) is 62.5 Å². The molecule has 1 aliphatic carbocycles. The molecule has 1 aromatic rings. The number of hydrogen-bond donors (Lipinski definition) is 2. The molecule has 1 aliphatic rings. The molecule has 1 aromatic heterocycles. The number of nitrogens with one attached hydrogen (secondary N) is 1. The molecule has 1 saturated carbocycles. The molecular weight excluding hydrogens is 242 g/mol. The van der Waals surface area contributed by atoms with Gasteiger partial charge in [0.05, 0.1) is 12.9 Å². The van der Waals surface area contributed by atoms with Crippen LogP contribution in [0.5, 0.6) is 0 Å². The van der Waals surface area contributed by atoms with Crippen LogP contribution in [0.1, 0.15) is 37.9 Å². The first-order chi connectivity index (χ1) is 9.24. The summed E-state index contributed by atoms with van der Waals surface area (Å²) in [6.07, 6.45) is 10.2. The zero-order valence-corrected chi connectivity index (χ0v) is 11.1. The number of carbonyl (C=O) groups is 1. The van der Waals surface area contributed by atoms with Crippen molar-refractivity contribution < 1.29 is 14.3 Å². The maximum atomic E-state index is 11.7. The third-order valence-corrected chi connectivity index (χ3v) is 3.83. The zero-order valence-electron chi connectivity index (χ0n) is 11.1. The third kappa shape index (κ3) is 3.96. The molecule has 19 heavy (non-hydrogen) atoms. The molecule has 0 aromatic carbocycles. The molecule has 0 aliphatic heterocycles. The normalized spacial score (nSPS) is 18.6. The van der Waals surface area contributed by atoms with Gasteiger partial charge in [0.25, 0.3) is 0 Å². The van der Waals surface area contributed by atoms with E-state index in [-0.39, 0.29) is 17.9 Å². The number of amides is 1. The van der Waals surface area contributed by atoms with Crippen LogP contribution in [-0.2, 0) is 4.79 Å². The highest BCUT2D eigenvalue weighted by molar-refractivity contribution is 5.91. The standard InChI is InChI=1S/C15H21NO3/c17-12-15(8-2-1-3-9-15)11-16-14(18)7-6-13-5-4-10-19-13/h4-7,10,17H,1-3,8-9,11-12H2,(H,16,18)/b7-6+. The van der Waals surface area contributed by atoms with Gasteiger partial charge in [-0.2, -0.15) is 0 Å². The first-order valence-corrected chi connectivity index (χ1v) is 6.84. The van der Waals surface area contributed by atoms with E-state index in [0.29, 0.717) is 12.3 Å². The van der Waals surface area contributed by atoms with E-state index in [4.69, 9.17) is 4.42 Å². The number of hydrogen-bond acceptors (Lipinski definition) is 3. The Morgan fingerprint density at radius 3 is 2.84 bits per heavy atom. The fourth-order valence-corrected chi connectivity index (χ4v) is 2.57. The van der Waals surface area contributed by atoms with E-state index < -0.39 is 0 Å². The molecule has 2 N–H and O–H groups in total. The van der Waals surface area contributed by atoms with E-state index in [1.54, 1.807) is 24.5 Å². The summed E-state index contributed by atoms with van der Waals surface area (Å²) in [5.41, 5.74) is -0.119. The Balaban J connectivity index is 1.82. The predicted molar refractivity (Wildman–Crippen MR) is 73.4 cm³/mol. The molecular formula is C15H21NO3. The minimum absolute atomic E-state index is 0.119. The summed E-state index contributed by atoms with van der Waals surface area (Å²) in [6, 6.07) is 3.57. The van der Waals surface area contributed by atoms with E-state index >= 15 is 0 Å². The predicted octanol–water partition coefficient (Wildman–Crippen LogP) is 2.35. The Bertz CT molecular complexity index is 417. The molecule has 2 rings (SSSR count). The van der Waals surface area contributed by atoms with E-state index in [1.165, 1.54) is 12.5 Å². The van der Waals surface area contributed by atoms with Crippen molar-refractivity contribution in [2.45, 2.75) is 32.1 Å². The van der Waals surface area contributed by atoms with Crippen LogP contribution >= 0.6 is 0 Å². The highest BCUT2D eigenvalue weighted by Crippen LogP contribution is 2.35. The molecule has 104 valence electrons. The fourth-order valence-electron chi connectivity index (χ4n) is 2.57. The van der Waals surface area contributed by atoms with E-state index in [0.717, 1.165) is 25.7 Å². The van der Waals surface area contributed by atoms with Crippen LogP contribution in [0, 0.1) is 5.41 Å².